The van der Waals surface area contributed by atoms with Gasteiger partial charge >= 0.3 is 0 Å². The maximum Gasteiger partial charge on any atom is 0.252 e. The Kier molecular flexibility index (Phi) is 10.1. The molecule has 1 aliphatic rings. The van der Waals surface area contributed by atoms with Crippen LogP contribution in [0.3, 0.4) is 0 Å². The predicted molar refractivity (Wildman–Crippen MR) is 168 cm³/mol. The van der Waals surface area contributed by atoms with E-state index >= 15 is 0 Å². The van der Waals surface area contributed by atoms with Gasteiger partial charge in [0.2, 0.25) is 5.90 Å². The molecule has 1 amide bonds. The highest BCUT2D eigenvalue weighted by atomic mass is 79.9. The van der Waals surface area contributed by atoms with Crippen LogP contribution in [-0.4, -0.2) is 35.7 Å². The Balaban J connectivity index is 1.61. The summed E-state index contributed by atoms with van der Waals surface area (Å²) < 4.78 is 40.4. The molecule has 0 fully saturated rings. The Morgan fingerprint density at radius 1 is 1.07 bits per heavy atom. The van der Waals surface area contributed by atoms with E-state index in [0.717, 1.165) is 22.2 Å². The Morgan fingerprint density at radius 3 is 2.56 bits per heavy atom. The Bertz CT molecular complexity index is 1760. The van der Waals surface area contributed by atoms with Crippen LogP contribution < -0.4 is 10.1 Å². The van der Waals surface area contributed by atoms with Crippen molar-refractivity contribution in [2.45, 2.75) is 31.0 Å². The summed E-state index contributed by atoms with van der Waals surface area (Å²) in [5.41, 5.74) is 10.1. The molecule has 0 saturated heterocycles. The summed E-state index contributed by atoms with van der Waals surface area (Å²) >= 11 is 3.58. The van der Waals surface area contributed by atoms with Gasteiger partial charge in [-0.25, -0.2) is 13.8 Å². The van der Waals surface area contributed by atoms with Gasteiger partial charge in [-0.15, -0.1) is 0 Å². The first-order valence-corrected chi connectivity index (χ1v) is 14.8. The fourth-order valence-electron chi connectivity index (χ4n) is 5.02. The van der Waals surface area contributed by atoms with E-state index in [1.807, 2.05) is 24.3 Å². The van der Waals surface area contributed by atoms with Crippen molar-refractivity contribution in [2.24, 2.45) is 10.1 Å². The van der Waals surface area contributed by atoms with Gasteiger partial charge in [-0.3, -0.25) is 4.79 Å². The SMILES string of the molecule is [N-]=[N+]=Nc1ccccc1[C@H]1OC(c2ccc(OCCCO)cc2)=N[C@@]1(Cc1ccccc1Br)C(=O)NCc1ccc(F)c(F)c1. The van der Waals surface area contributed by atoms with Gasteiger partial charge in [-0.05, 0) is 59.1 Å². The number of azide groups is 1. The molecule has 2 atom stereocenters. The first-order chi connectivity index (χ1) is 21.8. The number of hydrogen-bond acceptors (Lipinski definition) is 6. The van der Waals surface area contributed by atoms with Gasteiger partial charge in [0, 0.05) is 52.2 Å². The summed E-state index contributed by atoms with van der Waals surface area (Å²) in [6.45, 7) is 0.251. The van der Waals surface area contributed by atoms with Crippen LogP contribution in [-0.2, 0) is 22.5 Å². The molecular weight excluding hydrogens is 648 g/mol. The number of aliphatic hydroxyl groups excluding tert-OH is 1. The highest BCUT2D eigenvalue weighted by Crippen LogP contribution is 2.46. The van der Waals surface area contributed by atoms with Crippen LogP contribution in [0.25, 0.3) is 10.4 Å². The van der Waals surface area contributed by atoms with Crippen LogP contribution in [0.1, 0.15) is 34.8 Å². The monoisotopic (exact) mass is 675 g/mol. The molecule has 2 N–H and O–H groups in total. The van der Waals surface area contributed by atoms with Gasteiger partial charge in [0.25, 0.3) is 5.91 Å². The molecule has 4 aromatic rings. The quantitative estimate of drug-likeness (QED) is 0.0709. The summed E-state index contributed by atoms with van der Waals surface area (Å²) in [4.78, 5) is 22.3. The fraction of sp³-hybridized carbons (Fsp3) is 0.212. The molecule has 0 radical (unpaired) electrons. The lowest BCUT2D eigenvalue weighted by molar-refractivity contribution is -0.129. The molecule has 9 nitrogen and oxygen atoms in total. The Morgan fingerprint density at radius 2 is 1.82 bits per heavy atom. The third-order valence-electron chi connectivity index (χ3n) is 7.26. The Labute approximate surface area is 266 Å². The van der Waals surface area contributed by atoms with Gasteiger partial charge in [-0.1, -0.05) is 69.6 Å². The van der Waals surface area contributed by atoms with Crippen molar-refractivity contribution in [1.82, 2.24) is 5.32 Å². The van der Waals surface area contributed by atoms with Crippen molar-refractivity contribution in [1.29, 1.82) is 0 Å². The minimum absolute atomic E-state index is 0.0131. The standard InChI is InChI=1S/C33H28BrF2N5O4/c34-26-8-3-1-6-23(26)19-33(32(43)38-20-21-10-15-27(35)28(36)18-21)30(25-7-2-4-9-29(25)40-41-37)45-31(39-33)22-11-13-24(14-12-22)44-17-5-16-42/h1-4,6-15,18,30,42H,5,16-17,19-20H2,(H,38,43)/t30-,33-/m1/s1. The van der Waals surface area contributed by atoms with E-state index in [0.29, 0.717) is 35.5 Å². The smallest absolute Gasteiger partial charge is 0.252 e. The second-order valence-electron chi connectivity index (χ2n) is 10.2. The lowest BCUT2D eigenvalue weighted by Gasteiger charge is -2.31. The minimum atomic E-state index is -1.63. The number of benzene rings is 4. The molecule has 230 valence electrons. The third kappa shape index (κ3) is 7.15. The van der Waals surface area contributed by atoms with Crippen molar-refractivity contribution in [3.8, 4) is 5.75 Å². The molecule has 0 bridgehead atoms. The normalized spacial score (nSPS) is 17.2. The zero-order valence-electron chi connectivity index (χ0n) is 23.9. The van der Waals surface area contributed by atoms with Crippen molar-refractivity contribution < 1.29 is 28.2 Å². The van der Waals surface area contributed by atoms with Gasteiger partial charge in [-0.2, -0.15) is 0 Å². The van der Waals surface area contributed by atoms with E-state index in [2.05, 4.69) is 31.3 Å². The molecular formula is C33H28BrF2N5O4. The summed E-state index contributed by atoms with van der Waals surface area (Å²) in [5.74, 6) is -1.80. The minimum Gasteiger partial charge on any atom is -0.494 e. The van der Waals surface area contributed by atoms with E-state index in [1.54, 1.807) is 48.5 Å². The van der Waals surface area contributed by atoms with Crippen LogP contribution in [0.5, 0.6) is 5.75 Å². The summed E-state index contributed by atoms with van der Waals surface area (Å²) in [6.07, 6.45) is -0.494. The number of carbonyl (C=O) groups is 1. The van der Waals surface area contributed by atoms with Gasteiger partial charge < -0.3 is 19.9 Å². The molecule has 45 heavy (non-hydrogen) atoms. The summed E-state index contributed by atoms with van der Waals surface area (Å²) in [6, 6.07) is 24.5. The zero-order valence-corrected chi connectivity index (χ0v) is 25.5. The number of nitrogens with zero attached hydrogens (tertiary/aromatic N) is 4. The lowest BCUT2D eigenvalue weighted by atomic mass is 9.81. The molecule has 1 heterocycles. The maximum atomic E-state index is 14.4. The van der Waals surface area contributed by atoms with Crippen LogP contribution in [0.2, 0.25) is 0 Å². The van der Waals surface area contributed by atoms with E-state index in [9.17, 15) is 19.1 Å². The Hall–Kier alpha value is -4.77. The lowest BCUT2D eigenvalue weighted by Crippen LogP contribution is -2.49. The molecule has 0 aliphatic carbocycles. The summed E-state index contributed by atoms with van der Waals surface area (Å²) in [7, 11) is 0. The van der Waals surface area contributed by atoms with E-state index in [1.165, 1.54) is 6.07 Å². The fourth-order valence-corrected chi connectivity index (χ4v) is 5.45. The first-order valence-electron chi connectivity index (χ1n) is 14.0. The van der Waals surface area contributed by atoms with Crippen LogP contribution in [0.15, 0.2) is 106 Å². The molecule has 12 heteroatoms. The largest absolute Gasteiger partial charge is 0.494 e. The average Bonchev–Trinajstić information content (AvgIpc) is 3.43. The molecule has 0 saturated carbocycles. The van der Waals surface area contributed by atoms with Gasteiger partial charge in [0.15, 0.2) is 23.3 Å². The second-order valence-corrected chi connectivity index (χ2v) is 11.1. The number of nitrogens with one attached hydrogen (secondary N) is 1. The van der Waals surface area contributed by atoms with Gasteiger partial charge in [0.05, 0.1) is 6.61 Å². The first kappa shape index (κ1) is 31.6. The average molecular weight is 677 g/mol. The van der Waals surface area contributed by atoms with E-state index < -0.39 is 29.2 Å². The summed E-state index contributed by atoms with van der Waals surface area (Å²) in [5, 5.41) is 15.7. The van der Waals surface area contributed by atoms with E-state index in [4.69, 9.17) is 19.6 Å². The number of carbonyl (C=O) groups excluding carboxylic acids is 1. The number of hydrogen-bond donors (Lipinski definition) is 2. The molecule has 0 aromatic heterocycles. The highest BCUT2D eigenvalue weighted by molar-refractivity contribution is 9.10. The van der Waals surface area contributed by atoms with Crippen LogP contribution in [0.4, 0.5) is 14.5 Å². The molecule has 5 rings (SSSR count). The highest BCUT2D eigenvalue weighted by Gasteiger charge is 2.54. The maximum absolute atomic E-state index is 14.4. The van der Waals surface area contributed by atoms with E-state index in [-0.39, 0.29) is 31.2 Å². The number of aliphatic hydroxyl groups is 1. The molecule has 1 aliphatic heterocycles. The van der Waals surface area contributed by atoms with Crippen molar-refractivity contribution in [2.75, 3.05) is 13.2 Å². The third-order valence-corrected chi connectivity index (χ3v) is 8.03. The number of aliphatic imine (C=N–C) groups is 1. The zero-order chi connectivity index (χ0) is 31.8. The number of ether oxygens (including phenoxy) is 2. The van der Waals surface area contributed by atoms with Gasteiger partial charge in [0.1, 0.15) is 5.75 Å². The van der Waals surface area contributed by atoms with Crippen LogP contribution >= 0.6 is 15.9 Å². The van der Waals surface area contributed by atoms with Crippen LogP contribution in [0, 0.1) is 11.6 Å². The number of rotatable bonds is 12. The second kappa shape index (κ2) is 14.3. The number of amides is 1. The topological polar surface area (TPSA) is 129 Å². The number of halogens is 3. The predicted octanol–water partition coefficient (Wildman–Crippen LogP) is 7.25. The molecule has 4 aromatic carbocycles. The van der Waals surface area contributed by atoms with Crippen molar-refractivity contribution in [3.05, 3.63) is 140 Å². The van der Waals surface area contributed by atoms with Crippen molar-refractivity contribution in [3.63, 3.8) is 0 Å². The van der Waals surface area contributed by atoms with Crippen molar-refractivity contribution >= 4 is 33.4 Å². The molecule has 0 unspecified atom stereocenters. The molecule has 0 spiro atoms.